The Bertz CT molecular complexity index is 1060. The quantitative estimate of drug-likeness (QED) is 0.121. The summed E-state index contributed by atoms with van der Waals surface area (Å²) in [5, 5.41) is 0. The van der Waals surface area contributed by atoms with E-state index in [1.54, 1.807) is 7.11 Å². The van der Waals surface area contributed by atoms with Crippen molar-refractivity contribution in [3.63, 3.8) is 0 Å². The first kappa shape index (κ1) is 79.8. The highest BCUT2D eigenvalue weighted by molar-refractivity contribution is 7.88. The van der Waals surface area contributed by atoms with E-state index >= 15 is 0 Å². The highest BCUT2D eigenvalue weighted by atomic mass is 32.2. The molecule has 0 aromatic rings. The predicted molar refractivity (Wildman–Crippen MR) is 297 cm³/mol. The molecule has 0 aromatic heterocycles. The lowest BCUT2D eigenvalue weighted by Crippen LogP contribution is -2.26. The summed E-state index contributed by atoms with van der Waals surface area (Å²) in [7, 11) is 2.98. The zero-order chi connectivity index (χ0) is 54.1. The molecule has 0 saturated heterocycles. The Morgan fingerprint density at radius 2 is 0.758 bits per heavy atom. The molecule has 0 aromatic carbocycles. The summed E-state index contributed by atoms with van der Waals surface area (Å²) in [6.45, 7) is 65.6. The first-order valence-electron chi connectivity index (χ1n) is 25.7. The molecule has 10 heteroatoms. The Hall–Kier alpha value is -0.330. The molecule has 0 heterocycles. The minimum Gasteiger partial charge on any atom is -0.385 e. The second kappa shape index (κ2) is 43.5. The maximum atomic E-state index is 10.6. The van der Waals surface area contributed by atoms with Crippen molar-refractivity contribution in [3.05, 3.63) is 0 Å². The van der Waals surface area contributed by atoms with Gasteiger partial charge in [0.25, 0.3) is 0 Å². The smallest absolute Gasteiger partial charge is 0.208 e. The molecule has 0 radical (unpaired) electrons. The van der Waals surface area contributed by atoms with Gasteiger partial charge in [-0.25, -0.2) is 13.1 Å². The van der Waals surface area contributed by atoms with Crippen LogP contribution in [0.4, 0.5) is 0 Å². The predicted octanol–water partition coefficient (Wildman–Crippen LogP) is 15.6. The van der Waals surface area contributed by atoms with E-state index in [1.165, 1.54) is 19.2 Å². The van der Waals surface area contributed by atoms with Gasteiger partial charge >= 0.3 is 0 Å². The molecule has 0 aliphatic carbocycles. The average molecular weight is 974 g/mol. The van der Waals surface area contributed by atoms with Gasteiger partial charge in [-0.15, -0.1) is 0 Å². The maximum Gasteiger partial charge on any atom is 0.208 e. The van der Waals surface area contributed by atoms with Crippen molar-refractivity contribution in [3.8, 4) is 0 Å². The molecule has 0 bridgehead atoms. The van der Waals surface area contributed by atoms with Crippen molar-refractivity contribution in [1.82, 2.24) is 9.62 Å². The van der Waals surface area contributed by atoms with Gasteiger partial charge in [-0.2, -0.15) is 0 Å². The van der Waals surface area contributed by atoms with E-state index in [0.717, 1.165) is 97.8 Å². The Kier molecular flexibility index (Phi) is 52.5. The number of methoxy groups -OCH3 is 1. The third-order valence-corrected chi connectivity index (χ3v) is 9.38. The summed E-state index contributed by atoms with van der Waals surface area (Å²) in [4.78, 5) is 2.23. The Labute approximate surface area is 418 Å². The van der Waals surface area contributed by atoms with Gasteiger partial charge in [0.2, 0.25) is 10.0 Å². The third-order valence-electron chi connectivity index (χ3n) is 8.65. The Morgan fingerprint density at radius 3 is 0.970 bits per heavy atom. The molecule has 410 valence electrons. The first-order chi connectivity index (χ1) is 29.3. The molecule has 1 N–H and O–H groups in total. The fourth-order valence-corrected chi connectivity index (χ4v) is 4.32. The van der Waals surface area contributed by atoms with Crippen LogP contribution in [-0.4, -0.2) is 113 Å². The van der Waals surface area contributed by atoms with Crippen molar-refractivity contribution in [2.24, 2.45) is 37.9 Å². The van der Waals surface area contributed by atoms with Gasteiger partial charge in [0.15, 0.2) is 0 Å². The molecule has 0 amide bonds. The number of nitrogens with one attached hydrogen (secondary N) is 1. The number of ether oxygens (including phenoxy) is 5. The van der Waals surface area contributed by atoms with Crippen LogP contribution in [0, 0.1) is 37.9 Å². The van der Waals surface area contributed by atoms with Gasteiger partial charge in [-0.05, 0) is 138 Å². The Morgan fingerprint density at radius 1 is 0.455 bits per heavy atom. The van der Waals surface area contributed by atoms with Crippen LogP contribution in [0.3, 0.4) is 0 Å². The van der Waals surface area contributed by atoms with E-state index in [9.17, 15) is 8.42 Å². The lowest BCUT2D eigenvalue weighted by molar-refractivity contribution is 0.0604. The number of nitrogens with zero attached hydrogens (tertiary/aromatic N) is 1. The van der Waals surface area contributed by atoms with Crippen LogP contribution >= 0.6 is 0 Å². The number of rotatable bonds is 20. The number of hydrogen-bond donors (Lipinski definition) is 1. The lowest BCUT2D eigenvalue weighted by Gasteiger charge is -2.20. The van der Waals surface area contributed by atoms with Crippen molar-refractivity contribution < 1.29 is 32.1 Å². The average Bonchev–Trinajstić information content (AvgIpc) is 3.06. The van der Waals surface area contributed by atoms with Crippen LogP contribution < -0.4 is 4.72 Å². The zero-order valence-electron chi connectivity index (χ0n) is 51.0. The summed E-state index contributed by atoms with van der Waals surface area (Å²) in [5.41, 5.74) is 2.80. The number of hydrogen-bond acceptors (Lipinski definition) is 8. The van der Waals surface area contributed by atoms with E-state index in [-0.39, 0.29) is 5.41 Å². The summed E-state index contributed by atoms with van der Waals surface area (Å²) in [6, 6.07) is 0. The third kappa shape index (κ3) is 125. The molecule has 66 heavy (non-hydrogen) atoms. The largest absolute Gasteiger partial charge is 0.385 e. The molecular formula is C56H128N2O7S. The molecule has 0 fully saturated rings. The van der Waals surface area contributed by atoms with E-state index in [0.29, 0.717) is 45.1 Å². The van der Waals surface area contributed by atoms with E-state index in [2.05, 4.69) is 190 Å². The lowest BCUT2D eigenvalue weighted by atomic mass is 9.92. The normalized spacial score (nSPS) is 12.4. The highest BCUT2D eigenvalue weighted by Gasteiger charge is 2.13. The van der Waals surface area contributed by atoms with Gasteiger partial charge in [0.05, 0.1) is 12.4 Å². The van der Waals surface area contributed by atoms with Crippen LogP contribution in [0.15, 0.2) is 0 Å². The minimum atomic E-state index is -3.00. The topological polar surface area (TPSA) is 95.6 Å². The van der Waals surface area contributed by atoms with E-state index in [1.807, 2.05) is 13.8 Å². The molecule has 0 saturated carbocycles. The Balaban J connectivity index is -0.000000123. The molecule has 0 spiro atoms. The van der Waals surface area contributed by atoms with Gasteiger partial charge < -0.3 is 28.6 Å². The van der Waals surface area contributed by atoms with Gasteiger partial charge in [-0.1, -0.05) is 152 Å². The maximum absolute atomic E-state index is 10.6. The van der Waals surface area contributed by atoms with Crippen LogP contribution in [0.1, 0.15) is 231 Å². The van der Waals surface area contributed by atoms with Crippen molar-refractivity contribution >= 4 is 10.0 Å². The van der Waals surface area contributed by atoms with Crippen molar-refractivity contribution in [2.75, 3.05) is 93.4 Å². The monoisotopic (exact) mass is 973 g/mol. The second-order valence-electron chi connectivity index (χ2n) is 26.6. The molecular weight excluding hydrogens is 845 g/mol. The molecule has 0 aliphatic heterocycles. The first-order valence-corrected chi connectivity index (χ1v) is 27.6. The fraction of sp³-hybridized carbons (Fsp3) is 1.00. The zero-order valence-corrected chi connectivity index (χ0v) is 51.8. The second-order valence-corrected chi connectivity index (χ2v) is 28.4. The fourth-order valence-electron chi connectivity index (χ4n) is 3.85. The molecule has 0 rings (SSSR count). The summed E-state index contributed by atoms with van der Waals surface area (Å²) < 4.78 is 49.8. The summed E-state index contributed by atoms with van der Waals surface area (Å²) >= 11 is 0. The van der Waals surface area contributed by atoms with Gasteiger partial charge in [0, 0.05) is 66.5 Å². The molecule has 0 unspecified atom stereocenters. The van der Waals surface area contributed by atoms with Crippen LogP contribution in [-0.2, 0) is 33.7 Å². The van der Waals surface area contributed by atoms with Crippen LogP contribution in [0.5, 0.6) is 0 Å². The van der Waals surface area contributed by atoms with Gasteiger partial charge in [-0.3, -0.25) is 0 Å². The van der Waals surface area contributed by atoms with Crippen molar-refractivity contribution in [1.29, 1.82) is 0 Å². The van der Waals surface area contributed by atoms with Gasteiger partial charge in [0.1, 0.15) is 0 Å². The van der Waals surface area contributed by atoms with Crippen LogP contribution in [0.25, 0.3) is 0 Å². The van der Waals surface area contributed by atoms with E-state index < -0.39 is 10.0 Å². The standard InChI is InChI=1S/2C9H20O.C8H19N.2C8H18O.C7H17NO2S.C7H16O/c1-8(2)10-7-6-9(3,4)5;1-5-7-10-8-6-9(2,3)4;1-8(2,3)6-7-9(4)5;2*1-5-9-7-6-8(2,3)4;1-7(2,3)5-6-8-11(4,9)10;1-7(2,3)5-6-8-4/h8H,6-7H2,1-5H3;5-8H2,1-4H3;6-7H2,1-5H3;2*5-7H2,1-4H3;8H,5-6H2,1-4H3;5-6H2,1-4H3. The SMILES string of the molecule is CC(C)(C)CCNS(C)(=O)=O.CC(C)OCCC(C)(C)C.CCCOCCC(C)(C)C.CCOCCC(C)(C)C.CCOCCC(C)(C)C.CN(C)CCC(C)(C)C.COCCC(C)(C)C. The number of sulfonamides is 1. The van der Waals surface area contributed by atoms with E-state index in [4.69, 9.17) is 23.7 Å². The molecule has 0 aliphatic rings. The molecule has 0 atom stereocenters. The minimum absolute atomic E-state index is 0.192. The van der Waals surface area contributed by atoms with Crippen molar-refractivity contribution in [2.45, 2.75) is 237 Å². The molecule has 9 nitrogen and oxygen atoms in total. The highest BCUT2D eigenvalue weighted by Crippen LogP contribution is 2.21. The van der Waals surface area contributed by atoms with Crippen LogP contribution in [0.2, 0.25) is 0 Å². The summed E-state index contributed by atoms with van der Waals surface area (Å²) in [5.74, 6) is 0. The summed E-state index contributed by atoms with van der Waals surface area (Å²) in [6.07, 6.45) is 10.6.